The topological polar surface area (TPSA) is 102 Å². The molecule has 0 radical (unpaired) electrons. The molecule has 1 heterocycles. The average molecular weight is 562 g/mol. The maximum Gasteiger partial charge on any atom is 0.328 e. The number of urea groups is 1. The fourth-order valence-corrected chi connectivity index (χ4v) is 5.52. The Labute approximate surface area is 236 Å². The molecular formula is C30H35N5O4S. The van der Waals surface area contributed by atoms with Crippen LogP contribution in [0.15, 0.2) is 72.8 Å². The first-order chi connectivity index (χ1) is 19.0. The molecule has 0 bridgehead atoms. The summed E-state index contributed by atoms with van der Waals surface area (Å²) in [5.74, 6) is -0.433. The minimum absolute atomic E-state index is 0.318. The third kappa shape index (κ3) is 6.03. The molecule has 0 saturated carbocycles. The van der Waals surface area contributed by atoms with Crippen LogP contribution in [0.5, 0.6) is 0 Å². The summed E-state index contributed by atoms with van der Waals surface area (Å²) in [6, 6.07) is 21.7. The summed E-state index contributed by atoms with van der Waals surface area (Å²) < 4.78 is 26.3. The van der Waals surface area contributed by atoms with Gasteiger partial charge in [-0.05, 0) is 62.0 Å². The fourth-order valence-electron chi connectivity index (χ4n) is 4.60. The van der Waals surface area contributed by atoms with Gasteiger partial charge >= 0.3 is 6.03 Å². The van der Waals surface area contributed by atoms with Gasteiger partial charge in [0.2, 0.25) is 10.0 Å². The van der Waals surface area contributed by atoms with Gasteiger partial charge in [0.1, 0.15) is 0 Å². The Morgan fingerprint density at radius 3 is 2.20 bits per heavy atom. The second kappa shape index (κ2) is 11.9. The van der Waals surface area contributed by atoms with Crippen molar-refractivity contribution in [3.8, 4) is 0 Å². The first kappa shape index (κ1) is 28.8. The highest BCUT2D eigenvalue weighted by molar-refractivity contribution is 7.92. The molecule has 3 amide bonds. The summed E-state index contributed by atoms with van der Waals surface area (Å²) in [5.41, 5.74) is 5.09. The molecule has 3 aromatic carbocycles. The molecule has 1 aliphatic heterocycles. The Morgan fingerprint density at radius 1 is 0.950 bits per heavy atom. The first-order valence-corrected chi connectivity index (χ1v) is 14.9. The second-order valence-electron chi connectivity index (χ2n) is 9.83. The number of nitrogens with zero attached hydrogens (tertiary/aromatic N) is 3. The number of fused-ring (bicyclic) bond motifs is 1. The van der Waals surface area contributed by atoms with Crippen molar-refractivity contribution in [1.82, 2.24) is 10.2 Å². The van der Waals surface area contributed by atoms with Crippen LogP contribution in [0.25, 0.3) is 11.3 Å². The smallest absolute Gasteiger partial charge is 0.328 e. The summed E-state index contributed by atoms with van der Waals surface area (Å²) in [7, 11) is 1.80. The van der Waals surface area contributed by atoms with Crippen LogP contribution >= 0.6 is 0 Å². The number of benzene rings is 3. The predicted molar refractivity (Wildman–Crippen MR) is 162 cm³/mol. The van der Waals surface area contributed by atoms with Gasteiger partial charge in [-0.15, -0.1) is 0 Å². The van der Waals surface area contributed by atoms with Crippen LogP contribution in [0.3, 0.4) is 0 Å². The normalized spacial score (nSPS) is 14.2. The summed E-state index contributed by atoms with van der Waals surface area (Å²) >= 11 is 0. The monoisotopic (exact) mass is 561 g/mol. The van der Waals surface area contributed by atoms with Crippen LogP contribution < -0.4 is 19.8 Å². The summed E-state index contributed by atoms with van der Waals surface area (Å²) in [4.78, 5) is 29.8. The number of amides is 3. The van der Waals surface area contributed by atoms with Gasteiger partial charge in [-0.2, -0.15) is 0 Å². The Bertz CT molecular complexity index is 1530. The Hall–Kier alpha value is -4.15. The molecule has 0 atom stereocenters. The molecule has 0 saturated heterocycles. The number of hydrogen-bond donors (Lipinski definition) is 2. The Kier molecular flexibility index (Phi) is 8.61. The van der Waals surface area contributed by atoms with Gasteiger partial charge in [-0.3, -0.25) is 9.10 Å². The molecule has 3 aromatic rings. The van der Waals surface area contributed by atoms with Gasteiger partial charge in [0, 0.05) is 31.4 Å². The molecule has 0 fully saturated rings. The standard InChI is InChI=1S/C30H35N5O4S/c1-6-21-12-17-25-26(20-21)35(30(37)31-2)29(36)27(25)28(22-10-8-7-9-11-22)32-23-13-15-24(16-14-23)34(40(5,38)39)19-18-33(3)4/h7-17,20,32H,6,18-19H2,1-5H3,(H,31,37). The van der Waals surface area contributed by atoms with E-state index in [4.69, 9.17) is 0 Å². The third-order valence-electron chi connectivity index (χ3n) is 6.70. The summed E-state index contributed by atoms with van der Waals surface area (Å²) in [6.45, 7) is 2.91. The zero-order valence-corrected chi connectivity index (χ0v) is 24.2. The van der Waals surface area contributed by atoms with E-state index in [1.165, 1.54) is 22.5 Å². The number of nitrogens with one attached hydrogen (secondary N) is 2. The molecule has 10 heteroatoms. The van der Waals surface area contributed by atoms with Gasteiger partial charge in [-0.25, -0.2) is 18.1 Å². The van der Waals surface area contributed by atoms with E-state index in [0.717, 1.165) is 17.5 Å². The van der Waals surface area contributed by atoms with Crippen LogP contribution in [0.2, 0.25) is 0 Å². The molecule has 0 spiro atoms. The van der Waals surface area contributed by atoms with Gasteiger partial charge in [0.05, 0.1) is 28.9 Å². The maximum atomic E-state index is 13.8. The van der Waals surface area contributed by atoms with E-state index in [2.05, 4.69) is 10.6 Å². The number of hydrogen-bond acceptors (Lipinski definition) is 6. The number of carbonyl (C=O) groups excluding carboxylic acids is 2. The van der Waals surface area contributed by atoms with Crippen molar-refractivity contribution in [2.24, 2.45) is 0 Å². The minimum atomic E-state index is -3.48. The van der Waals surface area contributed by atoms with Crippen molar-refractivity contribution in [2.45, 2.75) is 13.3 Å². The number of carbonyl (C=O) groups is 2. The lowest BCUT2D eigenvalue weighted by molar-refractivity contribution is -0.112. The molecule has 0 unspecified atom stereocenters. The van der Waals surface area contributed by atoms with Crippen molar-refractivity contribution < 1.29 is 18.0 Å². The lowest BCUT2D eigenvalue weighted by atomic mass is 9.98. The van der Waals surface area contributed by atoms with Crippen LogP contribution in [0.4, 0.5) is 21.9 Å². The number of likely N-dealkylation sites (N-methyl/N-ethyl adjacent to an activating group) is 1. The van der Waals surface area contributed by atoms with E-state index in [9.17, 15) is 18.0 Å². The summed E-state index contributed by atoms with van der Waals surface area (Å²) in [5, 5.41) is 5.97. The number of anilines is 3. The lowest BCUT2D eigenvalue weighted by Gasteiger charge is -2.24. The molecule has 0 aliphatic carbocycles. The SMILES string of the molecule is CCc1ccc2c(c1)N(C(=O)NC)C(=O)C2=C(Nc1ccc(N(CCN(C)C)S(C)(=O)=O)cc1)c1ccccc1. The van der Waals surface area contributed by atoms with Crippen LogP contribution in [-0.2, 0) is 21.2 Å². The Morgan fingerprint density at radius 2 is 1.62 bits per heavy atom. The van der Waals surface area contributed by atoms with E-state index >= 15 is 0 Å². The van der Waals surface area contributed by atoms with E-state index < -0.39 is 22.0 Å². The number of sulfonamides is 1. The van der Waals surface area contributed by atoms with E-state index in [-0.39, 0.29) is 0 Å². The fraction of sp³-hybridized carbons (Fsp3) is 0.267. The minimum Gasteiger partial charge on any atom is -0.354 e. The lowest BCUT2D eigenvalue weighted by Crippen LogP contribution is -2.40. The van der Waals surface area contributed by atoms with Crippen molar-refractivity contribution >= 4 is 50.3 Å². The highest BCUT2D eigenvalue weighted by atomic mass is 32.2. The van der Waals surface area contributed by atoms with E-state index in [1.807, 2.05) is 74.4 Å². The molecule has 40 heavy (non-hydrogen) atoms. The van der Waals surface area contributed by atoms with Crippen molar-refractivity contribution in [3.63, 3.8) is 0 Å². The molecule has 9 nitrogen and oxygen atoms in total. The highest BCUT2D eigenvalue weighted by Crippen LogP contribution is 2.42. The van der Waals surface area contributed by atoms with E-state index in [1.54, 1.807) is 24.3 Å². The second-order valence-corrected chi connectivity index (χ2v) is 11.7. The van der Waals surface area contributed by atoms with Crippen LogP contribution in [0.1, 0.15) is 23.6 Å². The van der Waals surface area contributed by atoms with Gasteiger partial charge < -0.3 is 15.5 Å². The van der Waals surface area contributed by atoms with Crippen molar-refractivity contribution in [3.05, 3.63) is 89.5 Å². The molecule has 1 aliphatic rings. The van der Waals surface area contributed by atoms with Gasteiger partial charge in [-0.1, -0.05) is 49.4 Å². The number of rotatable bonds is 9. The molecule has 4 rings (SSSR count). The largest absolute Gasteiger partial charge is 0.354 e. The quantitative estimate of drug-likeness (QED) is 0.379. The zero-order valence-electron chi connectivity index (χ0n) is 23.4. The van der Waals surface area contributed by atoms with Crippen molar-refractivity contribution in [1.29, 1.82) is 0 Å². The summed E-state index contributed by atoms with van der Waals surface area (Å²) in [6.07, 6.45) is 1.95. The first-order valence-electron chi connectivity index (χ1n) is 13.0. The zero-order chi connectivity index (χ0) is 29.0. The Balaban J connectivity index is 1.81. The third-order valence-corrected chi connectivity index (χ3v) is 7.90. The molecule has 210 valence electrons. The molecular weight excluding hydrogens is 526 g/mol. The molecule has 2 N–H and O–H groups in total. The maximum absolute atomic E-state index is 13.8. The average Bonchev–Trinajstić information content (AvgIpc) is 3.22. The van der Waals surface area contributed by atoms with Crippen molar-refractivity contribution in [2.75, 3.05) is 55.0 Å². The van der Waals surface area contributed by atoms with E-state index in [0.29, 0.717) is 47.0 Å². The van der Waals surface area contributed by atoms with Gasteiger partial charge in [0.15, 0.2) is 0 Å². The number of imide groups is 1. The highest BCUT2D eigenvalue weighted by Gasteiger charge is 2.39. The van der Waals surface area contributed by atoms with Gasteiger partial charge in [0.25, 0.3) is 5.91 Å². The van der Waals surface area contributed by atoms with Crippen LogP contribution in [0, 0.1) is 0 Å². The predicted octanol–water partition coefficient (Wildman–Crippen LogP) is 4.24. The van der Waals surface area contributed by atoms with Crippen LogP contribution in [-0.4, -0.2) is 65.7 Å². The molecule has 0 aromatic heterocycles. The number of aryl methyl sites for hydroxylation is 1.